The van der Waals surface area contributed by atoms with E-state index in [1.54, 1.807) is 6.92 Å². The summed E-state index contributed by atoms with van der Waals surface area (Å²) < 4.78 is 5.74. The highest BCUT2D eigenvalue weighted by atomic mass is 32.2. The van der Waals surface area contributed by atoms with Gasteiger partial charge in [-0.1, -0.05) is 37.4 Å². The van der Waals surface area contributed by atoms with Gasteiger partial charge in [0.25, 0.3) is 0 Å². The Morgan fingerprint density at radius 2 is 2.08 bits per heavy atom. The summed E-state index contributed by atoms with van der Waals surface area (Å²) in [6, 6.07) is 0.318. The molecule has 24 heavy (non-hydrogen) atoms. The number of hydrogen-bond acceptors (Lipinski definition) is 6. The number of hydrogen-bond donors (Lipinski definition) is 1. The Hall–Kier alpha value is -1.08. The van der Waals surface area contributed by atoms with Crippen molar-refractivity contribution in [3.63, 3.8) is 0 Å². The Kier molecular flexibility index (Phi) is 8.05. The van der Waals surface area contributed by atoms with E-state index >= 15 is 0 Å². The van der Waals surface area contributed by atoms with Crippen LogP contribution in [0.15, 0.2) is 9.72 Å². The van der Waals surface area contributed by atoms with Gasteiger partial charge in [0.2, 0.25) is 5.91 Å². The number of thioether (sulfide) groups is 1. The summed E-state index contributed by atoms with van der Waals surface area (Å²) in [7, 11) is 0. The van der Waals surface area contributed by atoms with Crippen molar-refractivity contribution in [2.45, 2.75) is 74.4 Å². The third-order valence-electron chi connectivity index (χ3n) is 4.01. The van der Waals surface area contributed by atoms with E-state index in [0.717, 1.165) is 17.2 Å². The van der Waals surface area contributed by atoms with Gasteiger partial charge in [-0.15, -0.1) is 11.3 Å². The van der Waals surface area contributed by atoms with Gasteiger partial charge < -0.3 is 10.1 Å². The Morgan fingerprint density at radius 3 is 2.75 bits per heavy atom. The Balaban J connectivity index is 1.80. The predicted molar refractivity (Wildman–Crippen MR) is 97.4 cm³/mol. The molecular weight excluding hydrogens is 344 g/mol. The molecule has 1 atom stereocenters. The van der Waals surface area contributed by atoms with Crippen LogP contribution in [0.25, 0.3) is 0 Å². The van der Waals surface area contributed by atoms with Crippen molar-refractivity contribution in [1.82, 2.24) is 10.3 Å². The number of ether oxygens (including phenoxy) is 1. The van der Waals surface area contributed by atoms with Crippen molar-refractivity contribution >= 4 is 35.0 Å². The zero-order valence-electron chi connectivity index (χ0n) is 14.4. The highest BCUT2D eigenvalue weighted by molar-refractivity contribution is 8.02. The molecular formula is C17H26N2O3S2. The first-order chi connectivity index (χ1) is 11.6. The minimum Gasteiger partial charge on any atom is -0.466 e. The fourth-order valence-electron chi connectivity index (χ4n) is 2.73. The summed E-state index contributed by atoms with van der Waals surface area (Å²) in [5.41, 5.74) is 0.706. The van der Waals surface area contributed by atoms with E-state index in [4.69, 9.17) is 4.74 Å². The molecule has 2 rings (SSSR count). The molecule has 1 N–H and O–H groups in total. The van der Waals surface area contributed by atoms with Crippen molar-refractivity contribution in [2.24, 2.45) is 0 Å². The lowest BCUT2D eigenvalue weighted by molar-refractivity contribution is -0.142. The first-order valence-corrected chi connectivity index (χ1v) is 10.4. The second-order valence-corrected chi connectivity index (χ2v) is 8.49. The summed E-state index contributed by atoms with van der Waals surface area (Å²) >= 11 is 2.92. The number of aromatic nitrogens is 1. The number of rotatable bonds is 7. The maximum absolute atomic E-state index is 12.4. The fraction of sp³-hybridized carbons (Fsp3) is 0.706. The van der Waals surface area contributed by atoms with Crippen molar-refractivity contribution < 1.29 is 14.3 Å². The van der Waals surface area contributed by atoms with Crippen LogP contribution in [-0.2, 0) is 20.7 Å². The molecule has 0 aromatic carbocycles. The average molecular weight is 371 g/mol. The SMILES string of the molecule is CCOC(=O)Cc1csc(S[C@H](C)C(=O)NC2CCCCCC2)n1. The molecule has 0 bridgehead atoms. The summed E-state index contributed by atoms with van der Waals surface area (Å²) in [5.74, 6) is -0.187. The second kappa shape index (κ2) is 10.0. The Morgan fingerprint density at radius 1 is 1.38 bits per heavy atom. The lowest BCUT2D eigenvalue weighted by Crippen LogP contribution is -2.39. The number of amides is 1. The lowest BCUT2D eigenvalue weighted by Gasteiger charge is -2.18. The molecule has 1 saturated carbocycles. The molecule has 0 spiro atoms. The number of nitrogens with zero attached hydrogens (tertiary/aromatic N) is 1. The predicted octanol–water partition coefficient (Wildman–Crippen LogP) is 3.57. The smallest absolute Gasteiger partial charge is 0.311 e. The maximum atomic E-state index is 12.4. The van der Waals surface area contributed by atoms with E-state index in [2.05, 4.69) is 10.3 Å². The number of carbonyl (C=O) groups excluding carboxylic acids is 2. The zero-order chi connectivity index (χ0) is 17.4. The van der Waals surface area contributed by atoms with E-state index in [1.807, 2.05) is 12.3 Å². The lowest BCUT2D eigenvalue weighted by atomic mass is 10.1. The van der Waals surface area contributed by atoms with Gasteiger partial charge in [-0.05, 0) is 26.7 Å². The molecule has 1 aromatic rings. The third kappa shape index (κ3) is 6.43. The van der Waals surface area contributed by atoms with Crippen molar-refractivity contribution in [1.29, 1.82) is 0 Å². The Labute approximate surface area is 152 Å². The van der Waals surface area contributed by atoms with Gasteiger partial charge in [0.05, 0.1) is 24.0 Å². The molecule has 0 saturated heterocycles. The van der Waals surface area contributed by atoms with E-state index in [-0.39, 0.29) is 23.5 Å². The summed E-state index contributed by atoms with van der Waals surface area (Å²) in [5, 5.41) is 4.85. The minimum atomic E-state index is -0.265. The molecule has 7 heteroatoms. The molecule has 1 aromatic heterocycles. The minimum absolute atomic E-state index is 0.0778. The summed E-state index contributed by atoms with van der Waals surface area (Å²) in [6.07, 6.45) is 7.33. The highest BCUT2D eigenvalue weighted by Gasteiger charge is 2.21. The molecule has 134 valence electrons. The van der Waals surface area contributed by atoms with Crippen LogP contribution in [0.4, 0.5) is 0 Å². The maximum Gasteiger partial charge on any atom is 0.311 e. The van der Waals surface area contributed by atoms with Crippen LogP contribution in [-0.4, -0.2) is 34.8 Å². The van der Waals surface area contributed by atoms with Gasteiger partial charge in [0, 0.05) is 11.4 Å². The highest BCUT2D eigenvalue weighted by Crippen LogP contribution is 2.27. The molecule has 1 amide bonds. The fourth-order valence-corrected chi connectivity index (χ4v) is 4.72. The van der Waals surface area contributed by atoms with E-state index in [9.17, 15) is 9.59 Å². The van der Waals surface area contributed by atoms with Gasteiger partial charge >= 0.3 is 5.97 Å². The summed E-state index contributed by atoms with van der Waals surface area (Å²) in [6.45, 7) is 4.07. The van der Waals surface area contributed by atoms with Gasteiger partial charge in [-0.3, -0.25) is 9.59 Å². The summed E-state index contributed by atoms with van der Waals surface area (Å²) in [4.78, 5) is 28.3. The van der Waals surface area contributed by atoms with Crippen molar-refractivity contribution in [3.8, 4) is 0 Å². The zero-order valence-corrected chi connectivity index (χ0v) is 16.0. The van der Waals surface area contributed by atoms with Gasteiger partial charge in [0.15, 0.2) is 4.34 Å². The van der Waals surface area contributed by atoms with E-state index in [1.165, 1.54) is 48.8 Å². The largest absolute Gasteiger partial charge is 0.466 e. The van der Waals surface area contributed by atoms with Crippen LogP contribution in [0.1, 0.15) is 58.1 Å². The van der Waals surface area contributed by atoms with E-state index < -0.39 is 0 Å². The number of esters is 1. The van der Waals surface area contributed by atoms with Crippen LogP contribution in [0.5, 0.6) is 0 Å². The first kappa shape index (κ1) is 19.2. The molecule has 5 nitrogen and oxygen atoms in total. The van der Waals surface area contributed by atoms with Crippen LogP contribution in [0.3, 0.4) is 0 Å². The van der Waals surface area contributed by atoms with Crippen LogP contribution in [0, 0.1) is 0 Å². The van der Waals surface area contributed by atoms with Gasteiger partial charge in [-0.25, -0.2) is 4.98 Å². The van der Waals surface area contributed by atoms with Gasteiger partial charge in [0.1, 0.15) is 0 Å². The van der Waals surface area contributed by atoms with Crippen molar-refractivity contribution in [3.05, 3.63) is 11.1 Å². The normalized spacial score (nSPS) is 17.1. The molecule has 0 radical (unpaired) electrons. The number of thiazole rings is 1. The standard InChI is InChI=1S/C17H26N2O3S2/c1-3-22-15(20)10-14-11-23-17(19-14)24-12(2)16(21)18-13-8-6-4-5-7-9-13/h11-13H,3-10H2,1-2H3,(H,18,21)/t12-/m1/s1. The Bertz CT molecular complexity index is 540. The number of carbonyl (C=O) groups is 2. The molecule has 0 aliphatic heterocycles. The quantitative estimate of drug-likeness (QED) is 0.451. The molecule has 0 unspecified atom stereocenters. The van der Waals surface area contributed by atoms with E-state index in [0.29, 0.717) is 18.3 Å². The topological polar surface area (TPSA) is 68.3 Å². The molecule has 1 heterocycles. The average Bonchev–Trinajstić information content (AvgIpc) is 2.81. The second-order valence-electron chi connectivity index (χ2n) is 6.04. The van der Waals surface area contributed by atoms with Crippen LogP contribution >= 0.6 is 23.1 Å². The molecule has 1 fully saturated rings. The van der Waals surface area contributed by atoms with Crippen molar-refractivity contribution in [2.75, 3.05) is 6.61 Å². The molecule has 1 aliphatic rings. The number of nitrogens with one attached hydrogen (secondary N) is 1. The third-order valence-corrected chi connectivity index (χ3v) is 6.13. The van der Waals surface area contributed by atoms with Crippen LogP contribution < -0.4 is 5.32 Å². The molecule has 1 aliphatic carbocycles. The van der Waals surface area contributed by atoms with Gasteiger partial charge in [-0.2, -0.15) is 0 Å². The monoisotopic (exact) mass is 370 g/mol. The first-order valence-electron chi connectivity index (χ1n) is 8.65. The van der Waals surface area contributed by atoms with Crippen LogP contribution in [0.2, 0.25) is 0 Å².